The highest BCUT2D eigenvalue weighted by molar-refractivity contribution is 5.39. The molecule has 0 unspecified atom stereocenters. The minimum Gasteiger partial charge on any atom is -0.246 e. The van der Waals surface area contributed by atoms with Crippen LogP contribution in [0, 0.1) is 0 Å². The quantitative estimate of drug-likeness (QED) is 0.667. The summed E-state index contributed by atoms with van der Waals surface area (Å²) < 4.78 is 1.66. The standard InChI is InChI=1S/C8H8N5/c1-2-6(1)12-8-10-5-9-7-3-4-11-13(7)8/h3-6H,1-2H2. The molecular weight excluding hydrogens is 166 g/mol. The van der Waals surface area contributed by atoms with Gasteiger partial charge in [0.05, 0.1) is 12.2 Å². The molecule has 3 rings (SSSR count). The van der Waals surface area contributed by atoms with E-state index in [4.69, 9.17) is 0 Å². The first kappa shape index (κ1) is 6.82. The van der Waals surface area contributed by atoms with Crippen molar-refractivity contribution < 1.29 is 0 Å². The van der Waals surface area contributed by atoms with Gasteiger partial charge < -0.3 is 0 Å². The molecule has 2 heterocycles. The highest BCUT2D eigenvalue weighted by Gasteiger charge is 2.24. The zero-order valence-electron chi connectivity index (χ0n) is 6.96. The molecule has 0 N–H and O–H groups in total. The van der Waals surface area contributed by atoms with Gasteiger partial charge in [-0.05, 0) is 12.8 Å². The minimum absolute atomic E-state index is 0.460. The summed E-state index contributed by atoms with van der Waals surface area (Å²) >= 11 is 0. The number of rotatable bonds is 2. The van der Waals surface area contributed by atoms with Crippen LogP contribution in [0.4, 0.5) is 5.95 Å². The summed E-state index contributed by atoms with van der Waals surface area (Å²) in [6, 6.07) is 2.30. The van der Waals surface area contributed by atoms with E-state index in [1.807, 2.05) is 6.07 Å². The fourth-order valence-corrected chi connectivity index (χ4v) is 1.20. The van der Waals surface area contributed by atoms with Crippen molar-refractivity contribution in [2.45, 2.75) is 18.9 Å². The number of fused-ring (bicyclic) bond motifs is 1. The molecule has 1 fully saturated rings. The van der Waals surface area contributed by atoms with Crippen LogP contribution in [0.1, 0.15) is 12.8 Å². The van der Waals surface area contributed by atoms with Crippen molar-refractivity contribution in [3.63, 3.8) is 0 Å². The van der Waals surface area contributed by atoms with E-state index < -0.39 is 0 Å². The van der Waals surface area contributed by atoms with Gasteiger partial charge in [-0.25, -0.2) is 10.3 Å². The molecule has 0 saturated heterocycles. The van der Waals surface area contributed by atoms with E-state index in [1.54, 1.807) is 10.7 Å². The van der Waals surface area contributed by atoms with Gasteiger partial charge in [-0.15, -0.1) is 0 Å². The van der Waals surface area contributed by atoms with Crippen LogP contribution in [0.25, 0.3) is 5.65 Å². The van der Waals surface area contributed by atoms with Crippen molar-refractivity contribution in [2.75, 3.05) is 0 Å². The van der Waals surface area contributed by atoms with Gasteiger partial charge in [0.15, 0.2) is 5.65 Å². The van der Waals surface area contributed by atoms with E-state index in [-0.39, 0.29) is 0 Å². The van der Waals surface area contributed by atoms with Crippen LogP contribution in [0.5, 0.6) is 0 Å². The van der Waals surface area contributed by atoms with Gasteiger partial charge >= 0.3 is 0 Å². The van der Waals surface area contributed by atoms with Crippen LogP contribution >= 0.6 is 0 Å². The molecule has 5 heteroatoms. The number of nitrogens with zero attached hydrogens (tertiary/aromatic N) is 5. The summed E-state index contributed by atoms with van der Waals surface area (Å²) in [5.41, 5.74) is 0.800. The smallest absolute Gasteiger partial charge is 0.246 e. The summed E-state index contributed by atoms with van der Waals surface area (Å²) in [6.45, 7) is 0. The van der Waals surface area contributed by atoms with Crippen molar-refractivity contribution in [1.82, 2.24) is 24.9 Å². The highest BCUT2D eigenvalue weighted by atomic mass is 15.3. The lowest BCUT2D eigenvalue weighted by Crippen LogP contribution is -2.08. The zero-order valence-corrected chi connectivity index (χ0v) is 6.96. The van der Waals surface area contributed by atoms with Gasteiger partial charge in [-0.2, -0.15) is 14.6 Å². The Morgan fingerprint density at radius 3 is 3.15 bits per heavy atom. The first-order chi connectivity index (χ1) is 6.43. The third-order valence-electron chi connectivity index (χ3n) is 2.02. The molecule has 0 spiro atoms. The fourth-order valence-electron chi connectivity index (χ4n) is 1.20. The Bertz CT molecular complexity index is 431. The van der Waals surface area contributed by atoms with Gasteiger partial charge in [0.2, 0.25) is 5.95 Å². The Morgan fingerprint density at radius 1 is 1.38 bits per heavy atom. The van der Waals surface area contributed by atoms with Crippen LogP contribution in [0.15, 0.2) is 18.6 Å². The number of hydrogen-bond donors (Lipinski definition) is 0. The predicted molar refractivity (Wildman–Crippen MR) is 45.6 cm³/mol. The molecule has 2 aromatic heterocycles. The normalized spacial score (nSPS) is 16.3. The second kappa shape index (κ2) is 2.42. The Morgan fingerprint density at radius 2 is 2.31 bits per heavy atom. The van der Waals surface area contributed by atoms with Crippen LogP contribution in [0.3, 0.4) is 0 Å². The summed E-state index contributed by atoms with van der Waals surface area (Å²) in [4.78, 5) is 8.14. The Balaban J connectivity index is 2.09. The summed E-state index contributed by atoms with van der Waals surface area (Å²) in [5.74, 6) is 0.664. The topological polar surface area (TPSA) is 57.2 Å². The van der Waals surface area contributed by atoms with Crippen molar-refractivity contribution in [3.8, 4) is 0 Å². The maximum Gasteiger partial charge on any atom is 0.249 e. The molecule has 0 amide bonds. The number of aromatic nitrogens is 4. The monoisotopic (exact) mass is 174 g/mol. The van der Waals surface area contributed by atoms with Crippen molar-refractivity contribution in [1.29, 1.82) is 0 Å². The molecule has 0 atom stereocenters. The van der Waals surface area contributed by atoms with Crippen molar-refractivity contribution in [3.05, 3.63) is 18.6 Å². The molecule has 1 saturated carbocycles. The van der Waals surface area contributed by atoms with E-state index in [1.165, 1.54) is 19.2 Å². The van der Waals surface area contributed by atoms with Gasteiger partial charge in [0.25, 0.3) is 0 Å². The highest BCUT2D eigenvalue weighted by Crippen LogP contribution is 2.23. The SMILES string of the molecule is c1nc([N]C2CC2)n2nccc2n1. The third-order valence-corrected chi connectivity index (χ3v) is 2.02. The lowest BCUT2D eigenvalue weighted by molar-refractivity contribution is 0.745. The predicted octanol–water partition coefficient (Wildman–Crippen LogP) is 0.523. The second-order valence-corrected chi connectivity index (χ2v) is 3.14. The molecule has 0 aliphatic heterocycles. The van der Waals surface area contributed by atoms with Crippen molar-refractivity contribution >= 4 is 11.6 Å². The third kappa shape index (κ3) is 1.12. The van der Waals surface area contributed by atoms with Crippen LogP contribution < -0.4 is 5.32 Å². The van der Waals surface area contributed by atoms with Gasteiger partial charge in [0, 0.05) is 6.07 Å². The summed E-state index contributed by atoms with van der Waals surface area (Å²) in [5, 5.41) is 8.52. The lowest BCUT2D eigenvalue weighted by Gasteiger charge is -2.00. The second-order valence-electron chi connectivity index (χ2n) is 3.14. The molecule has 1 aliphatic carbocycles. The molecule has 0 aromatic carbocycles. The van der Waals surface area contributed by atoms with Crippen LogP contribution in [-0.4, -0.2) is 25.6 Å². The van der Waals surface area contributed by atoms with Crippen LogP contribution in [0.2, 0.25) is 0 Å². The molecule has 65 valence electrons. The minimum atomic E-state index is 0.460. The zero-order chi connectivity index (χ0) is 8.67. The largest absolute Gasteiger partial charge is 0.249 e. The maximum absolute atomic E-state index is 4.42. The Labute approximate surface area is 74.8 Å². The Kier molecular flexibility index (Phi) is 1.27. The molecule has 0 bridgehead atoms. The average Bonchev–Trinajstić information content (AvgIpc) is 2.83. The molecule has 5 nitrogen and oxygen atoms in total. The van der Waals surface area contributed by atoms with Gasteiger partial charge in [0.1, 0.15) is 6.33 Å². The first-order valence-electron chi connectivity index (χ1n) is 4.29. The van der Waals surface area contributed by atoms with E-state index >= 15 is 0 Å². The van der Waals surface area contributed by atoms with Gasteiger partial charge in [-0.1, -0.05) is 0 Å². The molecule has 2 aromatic rings. The van der Waals surface area contributed by atoms with E-state index in [2.05, 4.69) is 20.4 Å². The molecular formula is C8H8N5. The Hall–Kier alpha value is -1.65. The lowest BCUT2D eigenvalue weighted by atomic mass is 10.6. The molecule has 13 heavy (non-hydrogen) atoms. The summed E-state index contributed by atoms with van der Waals surface area (Å²) in [7, 11) is 0. The molecule has 1 aliphatic rings. The van der Waals surface area contributed by atoms with E-state index in [0.717, 1.165) is 5.65 Å². The van der Waals surface area contributed by atoms with E-state index in [0.29, 0.717) is 12.0 Å². The maximum atomic E-state index is 4.42. The van der Waals surface area contributed by atoms with Crippen LogP contribution in [-0.2, 0) is 0 Å². The summed E-state index contributed by atoms with van der Waals surface area (Å²) in [6.07, 6.45) is 5.58. The number of hydrogen-bond acceptors (Lipinski definition) is 3. The van der Waals surface area contributed by atoms with Gasteiger partial charge in [-0.3, -0.25) is 0 Å². The first-order valence-corrected chi connectivity index (χ1v) is 4.29. The molecule has 1 radical (unpaired) electrons. The fraction of sp³-hybridized carbons (Fsp3) is 0.375. The van der Waals surface area contributed by atoms with E-state index in [9.17, 15) is 0 Å². The average molecular weight is 174 g/mol. The van der Waals surface area contributed by atoms with Crippen molar-refractivity contribution in [2.24, 2.45) is 0 Å².